The lowest BCUT2D eigenvalue weighted by atomic mass is 10.1. The molecule has 2 rings (SSSR count). The third-order valence-corrected chi connectivity index (χ3v) is 3.61. The molecule has 0 bridgehead atoms. The van der Waals surface area contributed by atoms with Crippen LogP contribution in [0.4, 0.5) is 4.39 Å². The van der Waals surface area contributed by atoms with Gasteiger partial charge in [-0.1, -0.05) is 44.2 Å². The largest absolute Gasteiger partial charge is 0.347 e. The van der Waals surface area contributed by atoms with Gasteiger partial charge in [-0.15, -0.1) is 0 Å². The third-order valence-electron chi connectivity index (χ3n) is 3.32. The Morgan fingerprint density at radius 2 is 1.94 bits per heavy atom. The molecule has 18 heavy (non-hydrogen) atoms. The van der Waals surface area contributed by atoms with Crippen molar-refractivity contribution in [1.82, 2.24) is 4.57 Å². The minimum Gasteiger partial charge on any atom is -0.347 e. The fourth-order valence-corrected chi connectivity index (χ4v) is 2.42. The predicted molar refractivity (Wildman–Crippen MR) is 75.7 cm³/mol. The highest BCUT2D eigenvalue weighted by atomic mass is 35.5. The van der Waals surface area contributed by atoms with E-state index in [-0.39, 0.29) is 10.8 Å². The van der Waals surface area contributed by atoms with Crippen molar-refractivity contribution in [2.45, 2.75) is 45.6 Å². The normalized spacial score (nSPS) is 11.3. The molecule has 0 atom stereocenters. The van der Waals surface area contributed by atoms with E-state index in [1.54, 1.807) is 6.07 Å². The summed E-state index contributed by atoms with van der Waals surface area (Å²) in [4.78, 5) is 0. The average molecular weight is 268 g/mol. The Labute approximate surface area is 113 Å². The van der Waals surface area contributed by atoms with Gasteiger partial charge in [0.15, 0.2) is 0 Å². The fourth-order valence-electron chi connectivity index (χ4n) is 2.27. The maximum Gasteiger partial charge on any atom is 0.142 e. The van der Waals surface area contributed by atoms with Crippen LogP contribution in [0.3, 0.4) is 0 Å². The monoisotopic (exact) mass is 267 g/mol. The average Bonchev–Trinajstić information content (AvgIpc) is 2.72. The number of halogens is 2. The molecule has 0 aliphatic rings. The molecule has 2 aromatic rings. The van der Waals surface area contributed by atoms with Crippen LogP contribution in [0.5, 0.6) is 0 Å². The molecule has 3 heteroatoms. The molecule has 0 aliphatic heterocycles. The number of aryl methyl sites for hydroxylation is 1. The summed E-state index contributed by atoms with van der Waals surface area (Å²) < 4.78 is 15.5. The molecule has 98 valence electrons. The van der Waals surface area contributed by atoms with E-state index >= 15 is 0 Å². The summed E-state index contributed by atoms with van der Waals surface area (Å²) in [5.74, 6) is -0.343. The van der Waals surface area contributed by atoms with Crippen molar-refractivity contribution < 1.29 is 4.39 Å². The summed E-state index contributed by atoms with van der Waals surface area (Å²) in [7, 11) is 0. The Bertz CT molecular complexity index is 518. The van der Waals surface area contributed by atoms with Gasteiger partial charge in [0, 0.05) is 23.6 Å². The first-order chi connectivity index (χ1) is 8.72. The van der Waals surface area contributed by atoms with Crippen LogP contribution in [-0.4, -0.2) is 4.57 Å². The van der Waals surface area contributed by atoms with E-state index in [1.165, 1.54) is 38.2 Å². The lowest BCUT2D eigenvalue weighted by Crippen LogP contribution is -1.96. The summed E-state index contributed by atoms with van der Waals surface area (Å²) in [5, 5.41) is 1.12. The van der Waals surface area contributed by atoms with E-state index in [2.05, 4.69) is 11.5 Å². The number of aromatic nitrogens is 1. The lowest BCUT2D eigenvalue weighted by Gasteiger charge is -2.06. The van der Waals surface area contributed by atoms with Gasteiger partial charge in [-0.25, -0.2) is 4.39 Å². The van der Waals surface area contributed by atoms with E-state index in [1.807, 2.05) is 12.3 Å². The van der Waals surface area contributed by atoms with Crippen LogP contribution in [0.15, 0.2) is 24.4 Å². The van der Waals surface area contributed by atoms with Gasteiger partial charge in [-0.2, -0.15) is 0 Å². The zero-order valence-electron chi connectivity index (χ0n) is 10.8. The van der Waals surface area contributed by atoms with Gasteiger partial charge in [-0.05, 0) is 24.6 Å². The number of rotatable bonds is 6. The minimum atomic E-state index is -0.343. The van der Waals surface area contributed by atoms with Crippen LogP contribution >= 0.6 is 11.6 Å². The van der Waals surface area contributed by atoms with Gasteiger partial charge in [0.2, 0.25) is 0 Å². The first-order valence-corrected chi connectivity index (χ1v) is 7.04. The molecule has 1 nitrogen and oxygen atoms in total. The van der Waals surface area contributed by atoms with Gasteiger partial charge in [0.1, 0.15) is 5.82 Å². The van der Waals surface area contributed by atoms with Crippen LogP contribution in [0.2, 0.25) is 5.02 Å². The maximum absolute atomic E-state index is 13.3. The quantitative estimate of drug-likeness (QED) is 0.617. The van der Waals surface area contributed by atoms with Gasteiger partial charge in [-0.3, -0.25) is 0 Å². The molecule has 1 heterocycles. The van der Waals surface area contributed by atoms with Gasteiger partial charge in [0.05, 0.1) is 5.02 Å². The van der Waals surface area contributed by atoms with Crippen LogP contribution in [0, 0.1) is 5.82 Å². The summed E-state index contributed by atoms with van der Waals surface area (Å²) >= 11 is 5.83. The predicted octanol–water partition coefficient (Wildman–Crippen LogP) is 5.40. The second kappa shape index (κ2) is 6.24. The van der Waals surface area contributed by atoms with E-state index in [9.17, 15) is 4.39 Å². The summed E-state index contributed by atoms with van der Waals surface area (Å²) in [5.41, 5.74) is 1.02. The number of unbranched alkanes of at least 4 members (excludes halogenated alkanes) is 4. The molecule has 0 saturated carbocycles. The molecule has 1 aromatic carbocycles. The summed E-state index contributed by atoms with van der Waals surface area (Å²) in [6, 6.07) is 5.17. The van der Waals surface area contributed by atoms with Crippen LogP contribution < -0.4 is 0 Å². The van der Waals surface area contributed by atoms with Gasteiger partial charge < -0.3 is 4.57 Å². The van der Waals surface area contributed by atoms with Crippen molar-refractivity contribution in [1.29, 1.82) is 0 Å². The molecule has 1 aromatic heterocycles. The fraction of sp³-hybridized carbons (Fsp3) is 0.467. The number of benzene rings is 1. The Hall–Kier alpha value is -1.02. The summed E-state index contributed by atoms with van der Waals surface area (Å²) in [6.07, 6.45) is 8.30. The second-order valence-corrected chi connectivity index (χ2v) is 5.16. The molecule has 0 fully saturated rings. The van der Waals surface area contributed by atoms with Crippen molar-refractivity contribution in [3.05, 3.63) is 35.2 Å². The van der Waals surface area contributed by atoms with E-state index in [0.717, 1.165) is 17.4 Å². The maximum atomic E-state index is 13.3. The Kier molecular flexibility index (Phi) is 4.65. The molecule has 0 spiro atoms. The van der Waals surface area contributed by atoms with E-state index in [4.69, 9.17) is 11.6 Å². The summed E-state index contributed by atoms with van der Waals surface area (Å²) in [6.45, 7) is 3.20. The molecule has 0 aliphatic carbocycles. The zero-order valence-corrected chi connectivity index (χ0v) is 11.5. The van der Waals surface area contributed by atoms with Crippen LogP contribution in [-0.2, 0) is 6.54 Å². The molecule has 0 amide bonds. The molecule has 0 N–H and O–H groups in total. The first-order valence-electron chi connectivity index (χ1n) is 6.66. The Morgan fingerprint density at radius 3 is 2.72 bits per heavy atom. The van der Waals surface area contributed by atoms with Crippen molar-refractivity contribution >= 4 is 22.5 Å². The van der Waals surface area contributed by atoms with E-state index < -0.39 is 0 Å². The topological polar surface area (TPSA) is 4.93 Å². The number of fused-ring (bicyclic) bond motifs is 1. The molecule has 0 saturated heterocycles. The number of hydrogen-bond acceptors (Lipinski definition) is 0. The standard InChI is InChI=1S/C15H19ClFN/c1-2-3-4-5-6-8-18-9-7-12-10-14(17)13(16)11-15(12)18/h7,9-11H,2-6,8H2,1H3. The SMILES string of the molecule is CCCCCCCn1ccc2cc(F)c(Cl)cc21. The van der Waals surface area contributed by atoms with Gasteiger partial charge >= 0.3 is 0 Å². The van der Waals surface area contributed by atoms with Crippen molar-refractivity contribution in [3.63, 3.8) is 0 Å². The zero-order chi connectivity index (χ0) is 13.0. The lowest BCUT2D eigenvalue weighted by molar-refractivity contribution is 0.577. The first kappa shape index (κ1) is 13.4. The van der Waals surface area contributed by atoms with Crippen molar-refractivity contribution in [2.75, 3.05) is 0 Å². The Morgan fingerprint density at radius 1 is 1.17 bits per heavy atom. The molecule has 0 unspecified atom stereocenters. The smallest absolute Gasteiger partial charge is 0.142 e. The highest BCUT2D eigenvalue weighted by Gasteiger charge is 2.06. The number of hydrogen-bond donors (Lipinski definition) is 0. The van der Waals surface area contributed by atoms with Crippen LogP contribution in [0.25, 0.3) is 10.9 Å². The Balaban J connectivity index is 2.03. The molecular weight excluding hydrogens is 249 g/mol. The minimum absolute atomic E-state index is 0.202. The highest BCUT2D eigenvalue weighted by Crippen LogP contribution is 2.24. The number of nitrogens with zero attached hydrogens (tertiary/aromatic N) is 1. The molecular formula is C15H19ClFN. The van der Waals surface area contributed by atoms with Crippen molar-refractivity contribution in [3.8, 4) is 0 Å². The third kappa shape index (κ3) is 3.05. The van der Waals surface area contributed by atoms with Crippen molar-refractivity contribution in [2.24, 2.45) is 0 Å². The van der Waals surface area contributed by atoms with E-state index in [0.29, 0.717) is 0 Å². The van der Waals surface area contributed by atoms with Gasteiger partial charge in [0.25, 0.3) is 0 Å². The molecule has 0 radical (unpaired) electrons. The highest BCUT2D eigenvalue weighted by molar-refractivity contribution is 6.31. The van der Waals surface area contributed by atoms with Crippen LogP contribution in [0.1, 0.15) is 39.0 Å². The second-order valence-electron chi connectivity index (χ2n) is 4.75.